The van der Waals surface area contributed by atoms with Gasteiger partial charge < -0.3 is 19.5 Å². The summed E-state index contributed by atoms with van der Waals surface area (Å²) in [6, 6.07) is 0. The van der Waals surface area contributed by atoms with Crippen molar-refractivity contribution in [3.63, 3.8) is 0 Å². The molecule has 0 aromatic carbocycles. The molecule has 6 nitrogen and oxygen atoms in total. The lowest BCUT2D eigenvalue weighted by Gasteiger charge is -2.07. The van der Waals surface area contributed by atoms with Gasteiger partial charge in [-0.1, -0.05) is 32.6 Å². The molecule has 0 radical (unpaired) electrons. The Morgan fingerprint density at radius 2 is 1.64 bits per heavy atom. The summed E-state index contributed by atoms with van der Waals surface area (Å²) >= 11 is 0. The highest BCUT2D eigenvalue weighted by Crippen LogP contribution is 2.03. The normalized spacial score (nSPS) is 10.3. The number of ether oxygens (including phenoxy) is 3. The van der Waals surface area contributed by atoms with Crippen LogP contribution in [0.2, 0.25) is 0 Å². The largest absolute Gasteiger partial charge is 0.466 e. The zero-order valence-electron chi connectivity index (χ0n) is 14.0. The van der Waals surface area contributed by atoms with Gasteiger partial charge in [0.2, 0.25) is 0 Å². The Morgan fingerprint density at radius 1 is 0.864 bits per heavy atom. The van der Waals surface area contributed by atoms with Gasteiger partial charge in [-0.25, -0.2) is 4.79 Å². The summed E-state index contributed by atoms with van der Waals surface area (Å²) in [4.78, 5) is 22.6. The van der Waals surface area contributed by atoms with Crippen LogP contribution in [0.1, 0.15) is 58.3 Å². The van der Waals surface area contributed by atoms with Gasteiger partial charge in [0.25, 0.3) is 0 Å². The Balaban J connectivity index is 3.27. The molecule has 0 aliphatic rings. The maximum absolute atomic E-state index is 11.4. The number of hydrogen-bond donors (Lipinski definition) is 1. The van der Waals surface area contributed by atoms with Gasteiger partial charge in [0.05, 0.1) is 13.2 Å². The Morgan fingerprint density at radius 3 is 2.36 bits per heavy atom. The molecule has 0 aliphatic carbocycles. The molecule has 0 fully saturated rings. The fraction of sp³-hybridized carbons (Fsp3) is 0.875. The SMILES string of the molecule is CCCCCCOC(=O)CCCCCNC(=O)OCCOC. The number of unbranched alkanes of at least 4 members (excludes halogenated alkanes) is 5. The number of carbonyl (C=O) groups excluding carboxylic acids is 2. The lowest BCUT2D eigenvalue weighted by molar-refractivity contribution is -0.143. The summed E-state index contributed by atoms with van der Waals surface area (Å²) in [6.45, 7) is 3.90. The van der Waals surface area contributed by atoms with E-state index in [4.69, 9.17) is 14.2 Å². The molecule has 0 rings (SSSR count). The zero-order valence-corrected chi connectivity index (χ0v) is 14.0. The number of esters is 1. The molecule has 0 saturated carbocycles. The monoisotopic (exact) mass is 317 g/mol. The predicted molar refractivity (Wildman–Crippen MR) is 84.8 cm³/mol. The van der Waals surface area contributed by atoms with Crippen LogP contribution in [0.25, 0.3) is 0 Å². The van der Waals surface area contributed by atoms with Gasteiger partial charge in [-0.3, -0.25) is 4.79 Å². The second-order valence-corrected chi connectivity index (χ2v) is 5.15. The van der Waals surface area contributed by atoms with E-state index in [1.54, 1.807) is 7.11 Å². The molecule has 0 spiro atoms. The number of nitrogens with one attached hydrogen (secondary N) is 1. The van der Waals surface area contributed by atoms with Crippen molar-refractivity contribution in [2.24, 2.45) is 0 Å². The van der Waals surface area contributed by atoms with Gasteiger partial charge in [0.15, 0.2) is 0 Å². The lowest BCUT2D eigenvalue weighted by atomic mass is 10.2. The Bertz CT molecular complexity index is 284. The minimum absolute atomic E-state index is 0.122. The van der Waals surface area contributed by atoms with E-state index in [0.717, 1.165) is 32.1 Å². The van der Waals surface area contributed by atoms with E-state index in [-0.39, 0.29) is 12.6 Å². The highest BCUT2D eigenvalue weighted by Gasteiger charge is 2.03. The van der Waals surface area contributed by atoms with Gasteiger partial charge in [-0.15, -0.1) is 0 Å². The first kappa shape index (κ1) is 20.7. The van der Waals surface area contributed by atoms with Crippen LogP contribution in [0.5, 0.6) is 0 Å². The summed E-state index contributed by atoms with van der Waals surface area (Å²) in [5, 5.41) is 2.65. The summed E-state index contributed by atoms with van der Waals surface area (Å²) in [5.74, 6) is -0.122. The molecule has 0 unspecified atom stereocenters. The van der Waals surface area contributed by atoms with Crippen LogP contribution >= 0.6 is 0 Å². The van der Waals surface area contributed by atoms with E-state index in [9.17, 15) is 9.59 Å². The molecular formula is C16H31NO5. The van der Waals surface area contributed by atoms with Crippen molar-refractivity contribution in [2.45, 2.75) is 58.3 Å². The Hall–Kier alpha value is -1.30. The number of hydrogen-bond acceptors (Lipinski definition) is 5. The molecule has 0 atom stereocenters. The average molecular weight is 317 g/mol. The molecule has 22 heavy (non-hydrogen) atoms. The number of carbonyl (C=O) groups is 2. The molecule has 0 aromatic rings. The summed E-state index contributed by atoms with van der Waals surface area (Å²) in [6.07, 6.45) is 6.96. The highest BCUT2D eigenvalue weighted by atomic mass is 16.6. The van der Waals surface area contributed by atoms with E-state index in [0.29, 0.717) is 26.2 Å². The van der Waals surface area contributed by atoms with E-state index in [1.165, 1.54) is 12.8 Å². The van der Waals surface area contributed by atoms with E-state index < -0.39 is 6.09 Å². The first-order valence-electron chi connectivity index (χ1n) is 8.25. The Kier molecular flexibility index (Phi) is 15.1. The molecule has 6 heteroatoms. The van der Waals surface area contributed by atoms with Crippen molar-refractivity contribution in [2.75, 3.05) is 33.5 Å². The third kappa shape index (κ3) is 15.1. The molecule has 1 amide bonds. The second kappa shape index (κ2) is 16.1. The first-order chi connectivity index (χ1) is 10.7. The van der Waals surface area contributed by atoms with Gasteiger partial charge >= 0.3 is 12.1 Å². The molecule has 0 aliphatic heterocycles. The standard InChI is InChI=1S/C16H31NO5/c1-3-4-5-9-12-21-15(18)10-7-6-8-11-17-16(19)22-14-13-20-2/h3-14H2,1-2H3,(H,17,19). The third-order valence-electron chi connectivity index (χ3n) is 3.11. The zero-order chi connectivity index (χ0) is 16.5. The second-order valence-electron chi connectivity index (χ2n) is 5.15. The molecule has 0 heterocycles. The van der Waals surface area contributed by atoms with Crippen molar-refractivity contribution in [1.82, 2.24) is 5.32 Å². The number of rotatable bonds is 14. The highest BCUT2D eigenvalue weighted by molar-refractivity contribution is 5.69. The first-order valence-corrected chi connectivity index (χ1v) is 8.25. The Labute approximate surface area is 133 Å². The molecule has 0 aromatic heterocycles. The minimum Gasteiger partial charge on any atom is -0.466 e. The van der Waals surface area contributed by atoms with Crippen LogP contribution in [0, 0.1) is 0 Å². The summed E-state index contributed by atoms with van der Waals surface area (Å²) in [5.41, 5.74) is 0. The molecule has 1 N–H and O–H groups in total. The van der Waals surface area contributed by atoms with E-state index in [2.05, 4.69) is 12.2 Å². The quantitative estimate of drug-likeness (QED) is 0.394. The topological polar surface area (TPSA) is 73.9 Å². The molecule has 0 saturated heterocycles. The van der Waals surface area contributed by atoms with Crippen LogP contribution in [0.4, 0.5) is 4.79 Å². The molecule has 0 bridgehead atoms. The lowest BCUT2D eigenvalue weighted by Crippen LogP contribution is -2.26. The van der Waals surface area contributed by atoms with Crippen LogP contribution in [-0.2, 0) is 19.0 Å². The van der Waals surface area contributed by atoms with Gasteiger partial charge in [-0.2, -0.15) is 0 Å². The van der Waals surface area contributed by atoms with E-state index >= 15 is 0 Å². The van der Waals surface area contributed by atoms with Crippen molar-refractivity contribution in [3.05, 3.63) is 0 Å². The van der Waals surface area contributed by atoms with Gasteiger partial charge in [0.1, 0.15) is 6.61 Å². The fourth-order valence-corrected chi connectivity index (χ4v) is 1.82. The van der Waals surface area contributed by atoms with Gasteiger partial charge in [0, 0.05) is 20.1 Å². The average Bonchev–Trinajstić information content (AvgIpc) is 2.50. The predicted octanol–water partition coefficient (Wildman–Crippen LogP) is 3.04. The number of amides is 1. The number of alkyl carbamates (subject to hydrolysis) is 1. The maximum Gasteiger partial charge on any atom is 0.407 e. The van der Waals surface area contributed by atoms with Crippen LogP contribution in [0.15, 0.2) is 0 Å². The minimum atomic E-state index is -0.427. The summed E-state index contributed by atoms with van der Waals surface area (Å²) in [7, 11) is 1.55. The van der Waals surface area contributed by atoms with Gasteiger partial charge in [-0.05, 0) is 19.3 Å². The molecule has 130 valence electrons. The van der Waals surface area contributed by atoms with Crippen molar-refractivity contribution in [1.29, 1.82) is 0 Å². The maximum atomic E-state index is 11.4. The van der Waals surface area contributed by atoms with Crippen molar-refractivity contribution < 1.29 is 23.8 Å². The van der Waals surface area contributed by atoms with Crippen molar-refractivity contribution in [3.8, 4) is 0 Å². The fourth-order valence-electron chi connectivity index (χ4n) is 1.82. The number of methoxy groups -OCH3 is 1. The van der Waals surface area contributed by atoms with Crippen LogP contribution in [-0.4, -0.2) is 45.5 Å². The smallest absolute Gasteiger partial charge is 0.407 e. The van der Waals surface area contributed by atoms with Crippen molar-refractivity contribution >= 4 is 12.1 Å². The van der Waals surface area contributed by atoms with Crippen LogP contribution in [0.3, 0.4) is 0 Å². The summed E-state index contributed by atoms with van der Waals surface area (Å²) < 4.78 is 14.8. The molecular weight excluding hydrogens is 286 g/mol. The van der Waals surface area contributed by atoms with E-state index in [1.807, 2.05) is 0 Å². The van der Waals surface area contributed by atoms with Crippen LogP contribution < -0.4 is 5.32 Å². The third-order valence-corrected chi connectivity index (χ3v) is 3.11.